The van der Waals surface area contributed by atoms with Crippen LogP contribution in [0.25, 0.3) is 0 Å². The van der Waals surface area contributed by atoms with Gasteiger partial charge in [-0.15, -0.1) is 0 Å². The highest BCUT2D eigenvalue weighted by atomic mass is 16.7. The molecule has 0 aliphatic carbocycles. The molecule has 1 rings (SSSR count). The van der Waals surface area contributed by atoms with Crippen LogP contribution in [0.1, 0.15) is 290 Å². The molecule has 0 aromatic heterocycles. The van der Waals surface area contributed by atoms with Gasteiger partial charge in [0.1, 0.15) is 31.0 Å². The summed E-state index contributed by atoms with van der Waals surface area (Å²) < 4.78 is 22.3. The molecule has 1 heterocycles. The zero-order valence-corrected chi connectivity index (χ0v) is 44.4. The number of aliphatic hydroxyl groups is 4. The normalized spacial score (nSPS) is 18.9. The molecule has 10 heteroatoms. The molecule has 6 atom stereocenters. The summed E-state index contributed by atoms with van der Waals surface area (Å²) in [6.07, 6.45) is 49.4. The zero-order chi connectivity index (χ0) is 49.4. The maximum atomic E-state index is 12.9. The molecule has 10 nitrogen and oxygen atoms in total. The number of carbonyl (C=O) groups excluding carboxylic acids is 2. The first-order valence-electron chi connectivity index (χ1n) is 29.3. The van der Waals surface area contributed by atoms with Crippen LogP contribution < -0.4 is 0 Å². The second kappa shape index (κ2) is 49.0. The summed E-state index contributed by atoms with van der Waals surface area (Å²) in [7, 11) is 0. The Bertz CT molecular complexity index is 1120. The van der Waals surface area contributed by atoms with Crippen molar-refractivity contribution >= 4 is 11.9 Å². The third-order valence-electron chi connectivity index (χ3n) is 13.9. The van der Waals surface area contributed by atoms with E-state index in [1.54, 1.807) is 0 Å². The van der Waals surface area contributed by atoms with Crippen molar-refractivity contribution in [3.05, 3.63) is 12.2 Å². The van der Waals surface area contributed by atoms with E-state index in [1.165, 1.54) is 218 Å². The SMILES string of the molecule is CCCCCCCC/C=C/CCCCCCCCCCCCCC(=O)OC[C@H](CO[C@@H]1O[C@H](CO)[C@H](O)C(O)C1O)OC(=O)CCCCCCCCCCCCCCCCCCCCCCCC. The van der Waals surface area contributed by atoms with Crippen molar-refractivity contribution in [3.63, 3.8) is 0 Å². The molecule has 68 heavy (non-hydrogen) atoms. The number of carbonyl (C=O) groups is 2. The Morgan fingerprint density at radius 1 is 0.441 bits per heavy atom. The van der Waals surface area contributed by atoms with Gasteiger partial charge in [-0.05, 0) is 38.5 Å². The van der Waals surface area contributed by atoms with Crippen molar-refractivity contribution in [3.8, 4) is 0 Å². The summed E-state index contributed by atoms with van der Waals surface area (Å²) in [4.78, 5) is 25.6. The second-order valence-corrected chi connectivity index (χ2v) is 20.5. The number of allylic oxidation sites excluding steroid dienone is 2. The van der Waals surface area contributed by atoms with E-state index in [-0.39, 0.29) is 32.0 Å². The van der Waals surface area contributed by atoms with Crippen LogP contribution in [0.2, 0.25) is 0 Å². The Balaban J connectivity index is 2.18. The average Bonchev–Trinajstić information content (AvgIpc) is 3.34. The number of hydrogen-bond acceptors (Lipinski definition) is 10. The van der Waals surface area contributed by atoms with Gasteiger partial charge in [-0.3, -0.25) is 9.59 Å². The fourth-order valence-corrected chi connectivity index (χ4v) is 9.31. The summed E-state index contributed by atoms with van der Waals surface area (Å²) in [6, 6.07) is 0. The van der Waals surface area contributed by atoms with Gasteiger partial charge in [-0.25, -0.2) is 0 Å². The number of ether oxygens (including phenoxy) is 4. The molecular formula is C58H110O10. The zero-order valence-electron chi connectivity index (χ0n) is 44.4. The molecule has 1 aliphatic rings. The van der Waals surface area contributed by atoms with Gasteiger partial charge in [0, 0.05) is 12.8 Å². The minimum Gasteiger partial charge on any atom is -0.462 e. The van der Waals surface area contributed by atoms with E-state index in [9.17, 15) is 30.0 Å². The lowest BCUT2D eigenvalue weighted by Crippen LogP contribution is -2.59. The van der Waals surface area contributed by atoms with Crippen molar-refractivity contribution in [1.82, 2.24) is 0 Å². The lowest BCUT2D eigenvalue weighted by Gasteiger charge is -2.39. The van der Waals surface area contributed by atoms with Crippen LogP contribution >= 0.6 is 0 Å². The van der Waals surface area contributed by atoms with E-state index in [0.29, 0.717) is 6.42 Å². The van der Waals surface area contributed by atoms with E-state index >= 15 is 0 Å². The third-order valence-corrected chi connectivity index (χ3v) is 13.9. The van der Waals surface area contributed by atoms with E-state index < -0.39 is 49.4 Å². The van der Waals surface area contributed by atoms with Crippen molar-refractivity contribution in [1.29, 1.82) is 0 Å². The largest absolute Gasteiger partial charge is 0.462 e. The molecule has 0 radical (unpaired) electrons. The molecule has 0 bridgehead atoms. The first-order valence-corrected chi connectivity index (χ1v) is 29.3. The van der Waals surface area contributed by atoms with E-state index in [1.807, 2.05) is 0 Å². The fraction of sp³-hybridized carbons (Fsp3) is 0.931. The second-order valence-electron chi connectivity index (χ2n) is 20.5. The predicted octanol–water partition coefficient (Wildman–Crippen LogP) is 14.6. The monoisotopic (exact) mass is 967 g/mol. The molecule has 0 aromatic carbocycles. The Kier molecular flexibility index (Phi) is 46.5. The number of unbranched alkanes of at least 4 members (excludes halogenated alkanes) is 38. The Morgan fingerprint density at radius 2 is 0.779 bits per heavy atom. The average molecular weight is 968 g/mol. The molecular weight excluding hydrogens is 857 g/mol. The predicted molar refractivity (Wildman–Crippen MR) is 280 cm³/mol. The summed E-state index contributed by atoms with van der Waals surface area (Å²) in [5, 5.41) is 40.3. The van der Waals surface area contributed by atoms with Crippen molar-refractivity contribution < 1.29 is 49.0 Å². The summed E-state index contributed by atoms with van der Waals surface area (Å²) in [6.45, 7) is 3.49. The first-order chi connectivity index (χ1) is 33.3. The summed E-state index contributed by atoms with van der Waals surface area (Å²) in [5.41, 5.74) is 0. The molecule has 1 saturated heterocycles. The van der Waals surface area contributed by atoms with Crippen LogP contribution in [-0.2, 0) is 28.5 Å². The molecule has 1 fully saturated rings. The van der Waals surface area contributed by atoms with Gasteiger partial charge in [0.15, 0.2) is 12.4 Å². The number of aliphatic hydroxyl groups excluding tert-OH is 4. The molecule has 0 amide bonds. The fourth-order valence-electron chi connectivity index (χ4n) is 9.31. The van der Waals surface area contributed by atoms with Crippen LogP contribution in [0, 0.1) is 0 Å². The summed E-state index contributed by atoms with van der Waals surface area (Å²) in [5.74, 6) is -0.787. The van der Waals surface area contributed by atoms with Crippen LogP contribution in [0.3, 0.4) is 0 Å². The van der Waals surface area contributed by atoms with Crippen LogP contribution in [0.4, 0.5) is 0 Å². The Morgan fingerprint density at radius 3 is 1.15 bits per heavy atom. The minimum atomic E-state index is -1.59. The molecule has 1 aliphatic heterocycles. The van der Waals surface area contributed by atoms with Crippen LogP contribution in [0.5, 0.6) is 0 Å². The van der Waals surface area contributed by atoms with Gasteiger partial charge in [-0.2, -0.15) is 0 Å². The number of hydrogen-bond donors (Lipinski definition) is 4. The van der Waals surface area contributed by atoms with Gasteiger partial charge in [0.25, 0.3) is 0 Å². The van der Waals surface area contributed by atoms with Gasteiger partial charge >= 0.3 is 11.9 Å². The lowest BCUT2D eigenvalue weighted by molar-refractivity contribution is -0.305. The topological polar surface area (TPSA) is 152 Å². The highest BCUT2D eigenvalue weighted by Gasteiger charge is 2.44. The molecule has 402 valence electrons. The van der Waals surface area contributed by atoms with Gasteiger partial charge in [0.2, 0.25) is 0 Å². The van der Waals surface area contributed by atoms with Gasteiger partial charge < -0.3 is 39.4 Å². The van der Waals surface area contributed by atoms with Crippen molar-refractivity contribution in [2.45, 2.75) is 327 Å². The van der Waals surface area contributed by atoms with Gasteiger partial charge in [-0.1, -0.05) is 251 Å². The van der Waals surface area contributed by atoms with E-state index in [0.717, 1.165) is 38.5 Å². The molecule has 4 N–H and O–H groups in total. The molecule has 2 unspecified atom stereocenters. The first kappa shape index (κ1) is 64.5. The lowest BCUT2D eigenvalue weighted by atomic mass is 9.99. The maximum Gasteiger partial charge on any atom is 0.306 e. The van der Waals surface area contributed by atoms with Gasteiger partial charge in [0.05, 0.1) is 13.2 Å². The van der Waals surface area contributed by atoms with Crippen LogP contribution in [-0.4, -0.2) is 89.0 Å². The highest BCUT2D eigenvalue weighted by molar-refractivity contribution is 5.70. The van der Waals surface area contributed by atoms with E-state index in [4.69, 9.17) is 18.9 Å². The van der Waals surface area contributed by atoms with E-state index in [2.05, 4.69) is 26.0 Å². The third kappa shape index (κ3) is 39.1. The maximum absolute atomic E-state index is 12.9. The Labute approximate surface area is 418 Å². The summed E-state index contributed by atoms with van der Waals surface area (Å²) >= 11 is 0. The minimum absolute atomic E-state index is 0.211. The van der Waals surface area contributed by atoms with Crippen LogP contribution in [0.15, 0.2) is 12.2 Å². The standard InChI is InChI=1S/C58H110O10/c1-3-5-7-9-11-13-15-17-19-21-23-25-27-29-31-33-35-37-39-41-43-45-47-54(61)67-51(50-66-58-57(64)56(63)55(62)52(48-59)68-58)49-65-53(60)46-44-42-40-38-36-34-32-30-28-26-24-22-20-18-16-14-12-10-8-6-4-2/h18,20,51-52,55-59,62-64H,3-17,19,21-50H2,1-2H3/b20-18+/t51-,52-,55+,56?,57?,58-/m1/s1. The van der Waals surface area contributed by atoms with Crippen molar-refractivity contribution in [2.24, 2.45) is 0 Å². The Hall–Kier alpha value is -1.56. The smallest absolute Gasteiger partial charge is 0.306 e. The number of esters is 2. The highest BCUT2D eigenvalue weighted by Crippen LogP contribution is 2.23. The molecule has 0 aromatic rings. The molecule has 0 saturated carbocycles. The quantitative estimate of drug-likeness (QED) is 0.0263. The molecule has 0 spiro atoms. The number of rotatable bonds is 51. The van der Waals surface area contributed by atoms with Crippen molar-refractivity contribution in [2.75, 3.05) is 19.8 Å².